The van der Waals surface area contributed by atoms with Gasteiger partial charge >= 0.3 is 0 Å². The molecule has 0 bridgehead atoms. The Kier molecular flexibility index (Phi) is 6.42. The van der Waals surface area contributed by atoms with Crippen molar-refractivity contribution >= 4 is 16.9 Å². The molecule has 0 saturated heterocycles. The van der Waals surface area contributed by atoms with Crippen LogP contribution in [0.15, 0.2) is 51.7 Å². The van der Waals surface area contributed by atoms with E-state index in [1.807, 2.05) is 52.2 Å². The molecular formula is C26H30N2O5. The highest BCUT2D eigenvalue weighted by molar-refractivity contribution is 5.99. The number of carbonyl (C=O) groups excluding carboxylic acids is 1. The molecule has 1 atom stereocenters. The van der Waals surface area contributed by atoms with Crippen LogP contribution in [0.2, 0.25) is 0 Å². The van der Waals surface area contributed by atoms with E-state index < -0.39 is 6.04 Å². The molecule has 1 aliphatic rings. The van der Waals surface area contributed by atoms with E-state index in [1.54, 1.807) is 30.2 Å². The lowest BCUT2D eigenvalue weighted by Crippen LogP contribution is -2.32. The summed E-state index contributed by atoms with van der Waals surface area (Å²) in [4.78, 5) is 30.9. The van der Waals surface area contributed by atoms with Crippen LogP contribution in [0.1, 0.15) is 48.0 Å². The van der Waals surface area contributed by atoms with Crippen molar-refractivity contribution in [3.63, 3.8) is 0 Å². The zero-order valence-electron chi connectivity index (χ0n) is 19.8. The molecule has 0 spiro atoms. The highest BCUT2D eigenvalue weighted by Crippen LogP contribution is 2.39. The molecule has 0 N–H and O–H groups in total. The third kappa shape index (κ3) is 4.46. The molecule has 3 aromatic rings. The van der Waals surface area contributed by atoms with Crippen LogP contribution in [-0.4, -0.2) is 56.1 Å². The number of amides is 1. The van der Waals surface area contributed by atoms with Crippen molar-refractivity contribution in [1.82, 2.24) is 9.80 Å². The van der Waals surface area contributed by atoms with Crippen molar-refractivity contribution in [2.24, 2.45) is 0 Å². The first kappa shape index (κ1) is 22.9. The van der Waals surface area contributed by atoms with Gasteiger partial charge in [-0.1, -0.05) is 12.1 Å². The van der Waals surface area contributed by atoms with Gasteiger partial charge in [0.15, 0.2) is 5.43 Å². The van der Waals surface area contributed by atoms with Crippen LogP contribution in [-0.2, 0) is 0 Å². The second-order valence-electron chi connectivity index (χ2n) is 8.83. The Bertz CT molecular complexity index is 1230. The average Bonchev–Trinajstić information content (AvgIpc) is 3.05. The predicted molar refractivity (Wildman–Crippen MR) is 127 cm³/mol. The molecule has 0 saturated carbocycles. The zero-order valence-corrected chi connectivity index (χ0v) is 19.8. The Morgan fingerprint density at radius 2 is 1.88 bits per heavy atom. The smallest absolute Gasteiger partial charge is 0.290 e. The third-order valence-corrected chi connectivity index (χ3v) is 5.72. The summed E-state index contributed by atoms with van der Waals surface area (Å²) in [6.07, 6.45) is 0.783. The summed E-state index contributed by atoms with van der Waals surface area (Å²) < 4.78 is 17.2. The number of rotatable bonds is 8. The fourth-order valence-electron chi connectivity index (χ4n) is 4.29. The second kappa shape index (κ2) is 9.27. The van der Waals surface area contributed by atoms with Crippen LogP contribution in [0.4, 0.5) is 0 Å². The number of hydrogen-bond donors (Lipinski definition) is 0. The van der Waals surface area contributed by atoms with Gasteiger partial charge in [-0.25, -0.2) is 0 Å². The zero-order chi connectivity index (χ0) is 23.7. The summed E-state index contributed by atoms with van der Waals surface area (Å²) >= 11 is 0. The standard InChI is InChI=1S/C26H30N2O5/c1-16(2)32-19-9-6-8-17(14-19)23-22-24(29)20-11-10-18(31-5)15-21(20)33-25(22)26(30)28(23)13-7-12-27(3)4/h6,8-11,14-16,23H,7,12-13H2,1-5H3/t23-/m1/s1. The maximum atomic E-state index is 13.6. The highest BCUT2D eigenvalue weighted by Gasteiger charge is 2.42. The maximum Gasteiger partial charge on any atom is 0.290 e. The van der Waals surface area contributed by atoms with Crippen molar-refractivity contribution < 1.29 is 18.7 Å². The summed E-state index contributed by atoms with van der Waals surface area (Å²) in [6.45, 7) is 5.25. The lowest BCUT2D eigenvalue weighted by Gasteiger charge is -2.26. The van der Waals surface area contributed by atoms with Crippen LogP contribution in [0.3, 0.4) is 0 Å². The number of fused-ring (bicyclic) bond motifs is 2. The number of ether oxygens (including phenoxy) is 2. The van der Waals surface area contributed by atoms with Crippen LogP contribution >= 0.6 is 0 Å². The third-order valence-electron chi connectivity index (χ3n) is 5.72. The van der Waals surface area contributed by atoms with E-state index in [0.717, 1.165) is 18.5 Å². The van der Waals surface area contributed by atoms with E-state index in [-0.39, 0.29) is 23.2 Å². The molecule has 0 radical (unpaired) electrons. The van der Waals surface area contributed by atoms with Gasteiger partial charge < -0.3 is 23.7 Å². The fourth-order valence-corrected chi connectivity index (χ4v) is 4.29. The van der Waals surface area contributed by atoms with Crippen molar-refractivity contribution in [3.05, 3.63) is 69.6 Å². The molecule has 0 fully saturated rings. The molecule has 4 rings (SSSR count). The Balaban J connectivity index is 1.86. The predicted octanol–water partition coefficient (Wildman–Crippen LogP) is 4.09. The molecular weight excluding hydrogens is 420 g/mol. The first-order valence-electron chi connectivity index (χ1n) is 11.2. The summed E-state index contributed by atoms with van der Waals surface area (Å²) in [5.41, 5.74) is 1.35. The van der Waals surface area contributed by atoms with Gasteiger partial charge in [-0.3, -0.25) is 9.59 Å². The van der Waals surface area contributed by atoms with Gasteiger partial charge in [0.2, 0.25) is 5.76 Å². The average molecular weight is 451 g/mol. The van der Waals surface area contributed by atoms with Crippen molar-refractivity contribution in [1.29, 1.82) is 0 Å². The van der Waals surface area contributed by atoms with Crippen molar-refractivity contribution in [2.75, 3.05) is 34.3 Å². The minimum absolute atomic E-state index is 0.0120. The Morgan fingerprint density at radius 3 is 2.58 bits per heavy atom. The minimum atomic E-state index is -0.534. The topological polar surface area (TPSA) is 72.2 Å². The van der Waals surface area contributed by atoms with E-state index in [9.17, 15) is 9.59 Å². The molecule has 7 nitrogen and oxygen atoms in total. The van der Waals surface area contributed by atoms with Crippen LogP contribution < -0.4 is 14.9 Å². The molecule has 2 heterocycles. The van der Waals surface area contributed by atoms with Gasteiger partial charge in [-0.05, 0) is 70.7 Å². The number of hydrogen-bond acceptors (Lipinski definition) is 6. The summed E-state index contributed by atoms with van der Waals surface area (Å²) in [5, 5.41) is 0.428. The molecule has 2 aromatic carbocycles. The van der Waals surface area contributed by atoms with Gasteiger partial charge in [-0.2, -0.15) is 0 Å². The molecule has 7 heteroatoms. The lowest BCUT2D eigenvalue weighted by atomic mass is 9.98. The largest absolute Gasteiger partial charge is 0.497 e. The summed E-state index contributed by atoms with van der Waals surface area (Å²) in [5.74, 6) is 1.09. The highest BCUT2D eigenvalue weighted by atomic mass is 16.5. The van der Waals surface area contributed by atoms with Gasteiger partial charge in [0.1, 0.15) is 17.1 Å². The lowest BCUT2D eigenvalue weighted by molar-refractivity contribution is 0.0722. The van der Waals surface area contributed by atoms with E-state index in [2.05, 4.69) is 4.90 Å². The molecule has 0 unspecified atom stereocenters. The normalized spacial score (nSPS) is 15.5. The number of benzene rings is 2. The van der Waals surface area contributed by atoms with E-state index in [0.29, 0.717) is 34.6 Å². The van der Waals surface area contributed by atoms with E-state index in [4.69, 9.17) is 13.9 Å². The van der Waals surface area contributed by atoms with Crippen molar-refractivity contribution in [3.8, 4) is 11.5 Å². The first-order chi connectivity index (χ1) is 15.8. The minimum Gasteiger partial charge on any atom is -0.497 e. The first-order valence-corrected chi connectivity index (χ1v) is 11.2. The molecule has 174 valence electrons. The quantitative estimate of drug-likeness (QED) is 0.515. The second-order valence-corrected chi connectivity index (χ2v) is 8.83. The Labute approximate surface area is 193 Å². The van der Waals surface area contributed by atoms with Crippen molar-refractivity contribution in [2.45, 2.75) is 32.4 Å². The van der Waals surface area contributed by atoms with Gasteiger partial charge in [0.05, 0.1) is 30.2 Å². The molecule has 33 heavy (non-hydrogen) atoms. The van der Waals surface area contributed by atoms with Crippen LogP contribution in [0, 0.1) is 0 Å². The molecule has 1 aromatic heterocycles. The number of methoxy groups -OCH3 is 1. The SMILES string of the molecule is COc1ccc2c(=O)c3c(oc2c1)C(=O)N(CCCN(C)C)[C@@H]3c1cccc(OC(C)C)c1. The summed E-state index contributed by atoms with van der Waals surface area (Å²) in [7, 11) is 5.54. The van der Waals surface area contributed by atoms with Crippen LogP contribution in [0.25, 0.3) is 11.0 Å². The van der Waals surface area contributed by atoms with E-state index >= 15 is 0 Å². The summed E-state index contributed by atoms with van der Waals surface area (Å²) in [6, 6.07) is 12.1. The van der Waals surface area contributed by atoms with Gasteiger partial charge in [-0.15, -0.1) is 0 Å². The molecule has 1 aliphatic heterocycles. The monoisotopic (exact) mass is 450 g/mol. The van der Waals surface area contributed by atoms with Gasteiger partial charge in [0, 0.05) is 12.6 Å². The Hall–Kier alpha value is -3.32. The Morgan fingerprint density at radius 1 is 1.09 bits per heavy atom. The van der Waals surface area contributed by atoms with Crippen LogP contribution in [0.5, 0.6) is 11.5 Å². The maximum absolute atomic E-state index is 13.6. The van der Waals surface area contributed by atoms with E-state index in [1.165, 1.54) is 0 Å². The fraction of sp³-hybridized carbons (Fsp3) is 0.385. The molecule has 0 aliphatic carbocycles. The number of nitrogens with zero attached hydrogens (tertiary/aromatic N) is 2. The number of carbonyl (C=O) groups is 1. The van der Waals surface area contributed by atoms with Gasteiger partial charge in [0.25, 0.3) is 5.91 Å². The molecule has 1 amide bonds.